The number of aromatic nitrogens is 5. The van der Waals surface area contributed by atoms with Gasteiger partial charge in [0.15, 0.2) is 0 Å². The Labute approximate surface area is 245 Å². The summed E-state index contributed by atoms with van der Waals surface area (Å²) in [5.41, 5.74) is 6.08. The Morgan fingerprint density at radius 1 is 0.952 bits per heavy atom. The molecule has 2 saturated heterocycles. The molecule has 0 bridgehead atoms. The predicted molar refractivity (Wildman–Crippen MR) is 162 cm³/mol. The molecule has 7 rings (SSSR count). The molecule has 5 heterocycles. The summed E-state index contributed by atoms with van der Waals surface area (Å²) >= 11 is 0. The van der Waals surface area contributed by atoms with Crippen LogP contribution < -0.4 is 10.1 Å². The maximum atomic E-state index is 13.3. The van der Waals surface area contributed by atoms with Crippen molar-refractivity contribution in [2.45, 2.75) is 44.2 Å². The molecule has 10 heteroatoms. The number of likely N-dealkylation sites (tertiary alicyclic amines) is 2. The molecule has 0 radical (unpaired) electrons. The SMILES string of the molecule is CN1CCC(Oc2ncnc3ccc(C4=CCc5ncc(C(=O)Nc6cnn(C7CCN(C)CC7)c6)cc54)cc23)CC1. The number of fused-ring (bicyclic) bond motifs is 2. The van der Waals surface area contributed by atoms with Gasteiger partial charge in [-0.15, -0.1) is 0 Å². The normalized spacial score (nSPS) is 18.7. The number of rotatable bonds is 6. The Bertz CT molecular complexity index is 1650. The molecule has 2 fully saturated rings. The van der Waals surface area contributed by atoms with Gasteiger partial charge < -0.3 is 19.9 Å². The van der Waals surface area contributed by atoms with Gasteiger partial charge in [0.25, 0.3) is 5.91 Å². The van der Waals surface area contributed by atoms with Crippen molar-refractivity contribution in [2.75, 3.05) is 45.6 Å². The number of piperidine rings is 2. The van der Waals surface area contributed by atoms with E-state index in [2.05, 4.69) is 67.5 Å². The minimum Gasteiger partial charge on any atom is -0.474 e. The summed E-state index contributed by atoms with van der Waals surface area (Å²) in [5, 5.41) is 8.44. The Hall–Kier alpha value is -4.15. The number of nitrogens with zero attached hydrogens (tertiary/aromatic N) is 7. The van der Waals surface area contributed by atoms with E-state index < -0.39 is 0 Å². The van der Waals surface area contributed by atoms with Gasteiger partial charge in [0.1, 0.15) is 12.4 Å². The van der Waals surface area contributed by atoms with Crippen molar-refractivity contribution < 1.29 is 9.53 Å². The van der Waals surface area contributed by atoms with Gasteiger partial charge in [-0.3, -0.25) is 14.5 Å². The van der Waals surface area contributed by atoms with E-state index in [1.165, 1.54) is 0 Å². The highest BCUT2D eigenvalue weighted by Crippen LogP contribution is 2.35. The summed E-state index contributed by atoms with van der Waals surface area (Å²) in [5.74, 6) is 0.433. The van der Waals surface area contributed by atoms with E-state index in [1.54, 1.807) is 18.7 Å². The summed E-state index contributed by atoms with van der Waals surface area (Å²) in [6.07, 6.45) is 14.0. The standard InChI is InChI=1S/C32H36N8O2/c1-38-11-7-24(8-12-38)40-19-23(18-36-40)37-31(41)22-16-27-26(4-6-29(27)33-17-22)21-3-5-30-28(15-21)32(35-20-34-30)42-25-9-13-39(2)14-10-25/h3-5,15-20,24-25H,6-14H2,1-2H3,(H,37,41). The minimum absolute atomic E-state index is 0.149. The zero-order valence-electron chi connectivity index (χ0n) is 24.2. The summed E-state index contributed by atoms with van der Waals surface area (Å²) < 4.78 is 8.37. The number of carbonyl (C=O) groups excluding carboxylic acids is 1. The Morgan fingerprint density at radius 3 is 2.55 bits per heavy atom. The molecule has 2 aliphatic heterocycles. The Morgan fingerprint density at radius 2 is 1.74 bits per heavy atom. The van der Waals surface area contributed by atoms with Crippen LogP contribution >= 0.6 is 0 Å². The van der Waals surface area contributed by atoms with Crippen LogP contribution in [0.5, 0.6) is 5.88 Å². The molecule has 1 amide bonds. The number of carbonyl (C=O) groups is 1. The van der Waals surface area contributed by atoms with Crippen LogP contribution in [0.15, 0.2) is 55.3 Å². The van der Waals surface area contributed by atoms with E-state index in [-0.39, 0.29) is 12.0 Å². The first-order valence-electron chi connectivity index (χ1n) is 14.8. The van der Waals surface area contributed by atoms with Crippen LogP contribution in [0, 0.1) is 0 Å². The van der Waals surface area contributed by atoms with Crippen molar-refractivity contribution in [2.24, 2.45) is 0 Å². The summed E-state index contributed by atoms with van der Waals surface area (Å²) in [7, 11) is 4.29. The highest BCUT2D eigenvalue weighted by molar-refractivity contribution is 6.05. The van der Waals surface area contributed by atoms with Gasteiger partial charge in [-0.2, -0.15) is 5.10 Å². The van der Waals surface area contributed by atoms with Crippen molar-refractivity contribution >= 4 is 28.1 Å². The van der Waals surface area contributed by atoms with E-state index in [1.807, 2.05) is 23.0 Å². The van der Waals surface area contributed by atoms with Crippen LogP contribution in [0.1, 0.15) is 58.9 Å². The lowest BCUT2D eigenvalue weighted by Gasteiger charge is -2.29. The molecule has 0 spiro atoms. The van der Waals surface area contributed by atoms with E-state index >= 15 is 0 Å². The van der Waals surface area contributed by atoms with Crippen molar-refractivity contribution in [3.8, 4) is 5.88 Å². The number of benzene rings is 1. The minimum atomic E-state index is -0.194. The van der Waals surface area contributed by atoms with E-state index in [4.69, 9.17) is 4.74 Å². The predicted octanol–water partition coefficient (Wildman–Crippen LogP) is 4.20. The number of nitrogens with one attached hydrogen (secondary N) is 1. The maximum Gasteiger partial charge on any atom is 0.257 e. The highest BCUT2D eigenvalue weighted by atomic mass is 16.5. The lowest BCUT2D eigenvalue weighted by atomic mass is 9.98. The second kappa shape index (κ2) is 11.3. The number of ether oxygens (including phenoxy) is 1. The molecule has 0 saturated carbocycles. The number of hydrogen-bond acceptors (Lipinski definition) is 8. The summed E-state index contributed by atoms with van der Waals surface area (Å²) in [6, 6.07) is 8.49. The quantitative estimate of drug-likeness (QED) is 0.372. The monoisotopic (exact) mass is 564 g/mol. The highest BCUT2D eigenvalue weighted by Gasteiger charge is 2.23. The second-order valence-electron chi connectivity index (χ2n) is 11.8. The Kier molecular flexibility index (Phi) is 7.17. The number of allylic oxidation sites excluding steroid dienone is 1. The summed E-state index contributed by atoms with van der Waals surface area (Å²) in [4.78, 5) is 31.6. The molecular formula is C32H36N8O2. The van der Waals surface area contributed by atoms with Crippen LogP contribution in [-0.4, -0.2) is 86.8 Å². The fourth-order valence-corrected chi connectivity index (χ4v) is 6.22. The molecule has 3 aromatic heterocycles. The fourth-order valence-electron chi connectivity index (χ4n) is 6.22. The third kappa shape index (κ3) is 5.39. The topological polar surface area (TPSA) is 101 Å². The average Bonchev–Trinajstić information content (AvgIpc) is 3.66. The molecule has 4 aromatic rings. The average molecular weight is 565 g/mol. The molecule has 0 unspecified atom stereocenters. The van der Waals surface area contributed by atoms with Gasteiger partial charge in [-0.1, -0.05) is 12.1 Å². The van der Waals surface area contributed by atoms with E-state index in [0.29, 0.717) is 23.2 Å². The zero-order valence-corrected chi connectivity index (χ0v) is 24.2. The molecule has 1 aromatic carbocycles. The molecule has 0 atom stereocenters. The molecule has 42 heavy (non-hydrogen) atoms. The van der Waals surface area contributed by atoms with Gasteiger partial charge in [0, 0.05) is 37.5 Å². The molecular weight excluding hydrogens is 528 g/mol. The van der Waals surface area contributed by atoms with Crippen LogP contribution in [0.2, 0.25) is 0 Å². The zero-order chi connectivity index (χ0) is 28.6. The first kappa shape index (κ1) is 26.7. The van der Waals surface area contributed by atoms with Crippen molar-refractivity contribution in [1.82, 2.24) is 34.5 Å². The lowest BCUT2D eigenvalue weighted by Crippen LogP contribution is -2.35. The third-order valence-electron chi connectivity index (χ3n) is 8.80. The Balaban J connectivity index is 1.10. The number of pyridine rings is 1. The smallest absolute Gasteiger partial charge is 0.257 e. The largest absolute Gasteiger partial charge is 0.474 e. The molecule has 3 aliphatic rings. The van der Waals surface area contributed by atoms with Gasteiger partial charge in [0.2, 0.25) is 5.88 Å². The second-order valence-corrected chi connectivity index (χ2v) is 11.8. The number of amides is 1. The van der Waals surface area contributed by atoms with E-state index in [0.717, 1.165) is 91.6 Å². The maximum absolute atomic E-state index is 13.3. The van der Waals surface area contributed by atoms with Crippen LogP contribution in [0.3, 0.4) is 0 Å². The van der Waals surface area contributed by atoms with Gasteiger partial charge >= 0.3 is 0 Å². The van der Waals surface area contributed by atoms with Gasteiger partial charge in [-0.05, 0) is 82.2 Å². The van der Waals surface area contributed by atoms with Crippen LogP contribution in [0.4, 0.5) is 5.69 Å². The molecule has 1 aliphatic carbocycles. The molecule has 216 valence electrons. The van der Waals surface area contributed by atoms with Gasteiger partial charge in [0.05, 0.1) is 40.1 Å². The summed E-state index contributed by atoms with van der Waals surface area (Å²) in [6.45, 7) is 4.15. The van der Waals surface area contributed by atoms with Gasteiger partial charge in [-0.25, -0.2) is 9.97 Å². The fraction of sp³-hybridized carbons (Fsp3) is 0.406. The van der Waals surface area contributed by atoms with Crippen LogP contribution in [0.25, 0.3) is 16.5 Å². The first-order chi connectivity index (χ1) is 20.5. The van der Waals surface area contributed by atoms with E-state index in [9.17, 15) is 4.79 Å². The van der Waals surface area contributed by atoms with Crippen molar-refractivity contribution in [3.05, 3.63) is 77.6 Å². The molecule has 1 N–H and O–H groups in total. The lowest BCUT2D eigenvalue weighted by molar-refractivity contribution is 0.102. The first-order valence-corrected chi connectivity index (χ1v) is 14.8. The third-order valence-corrected chi connectivity index (χ3v) is 8.80. The number of anilines is 1. The van der Waals surface area contributed by atoms with Crippen molar-refractivity contribution in [1.29, 1.82) is 0 Å². The molecule has 10 nitrogen and oxygen atoms in total. The van der Waals surface area contributed by atoms with Crippen LogP contribution in [-0.2, 0) is 6.42 Å². The van der Waals surface area contributed by atoms with Crippen molar-refractivity contribution in [3.63, 3.8) is 0 Å². The number of hydrogen-bond donors (Lipinski definition) is 1.